The summed E-state index contributed by atoms with van der Waals surface area (Å²) in [7, 11) is 3.48. The first-order chi connectivity index (χ1) is 11.4. The number of carbonyl (C=O) groups excluding carboxylic acids is 2. The molecule has 0 radical (unpaired) electrons. The van der Waals surface area contributed by atoms with Gasteiger partial charge in [-0.05, 0) is 37.5 Å². The molecule has 0 aromatic heterocycles. The Balaban J connectivity index is 1.81. The minimum atomic E-state index is -0.492. The third-order valence-corrected chi connectivity index (χ3v) is 4.38. The highest BCUT2D eigenvalue weighted by Crippen LogP contribution is 2.21. The number of piperidine rings is 1. The minimum Gasteiger partial charge on any atom is -0.462 e. The second kappa shape index (κ2) is 8.24. The van der Waals surface area contributed by atoms with E-state index in [-0.39, 0.29) is 23.8 Å². The topological polar surface area (TPSA) is 49.9 Å². The Morgan fingerprint density at radius 3 is 2.58 bits per heavy atom. The first-order valence-corrected chi connectivity index (χ1v) is 8.25. The summed E-state index contributed by atoms with van der Waals surface area (Å²) in [6.45, 7) is 3.58. The molecule has 132 valence electrons. The highest BCUT2D eigenvalue weighted by atomic mass is 19.1. The van der Waals surface area contributed by atoms with E-state index >= 15 is 0 Å². The standard InChI is InChI=1S/C18H25FN2O3/c1-13(14-5-4-6-15(19)11-14)18(23)24-16-7-9-21(10-8-16)12-17(22)20(2)3/h4-6,11,13,16H,7-10,12H2,1-3H3/t13-/m0/s1. The second-order valence-electron chi connectivity index (χ2n) is 6.48. The Kier molecular flexibility index (Phi) is 6.31. The first-order valence-electron chi connectivity index (χ1n) is 8.25. The average molecular weight is 336 g/mol. The Morgan fingerprint density at radius 2 is 2.00 bits per heavy atom. The number of ether oxygens (including phenoxy) is 1. The zero-order chi connectivity index (χ0) is 17.7. The molecule has 6 heteroatoms. The van der Waals surface area contributed by atoms with Crippen LogP contribution in [0.3, 0.4) is 0 Å². The summed E-state index contributed by atoms with van der Waals surface area (Å²) < 4.78 is 18.8. The third kappa shape index (κ3) is 5.03. The van der Waals surface area contributed by atoms with Crippen LogP contribution in [0.1, 0.15) is 31.2 Å². The van der Waals surface area contributed by atoms with Gasteiger partial charge in [-0.2, -0.15) is 0 Å². The normalized spacial score (nSPS) is 17.3. The van der Waals surface area contributed by atoms with Crippen LogP contribution in [-0.2, 0) is 14.3 Å². The largest absolute Gasteiger partial charge is 0.462 e. The van der Waals surface area contributed by atoms with Crippen molar-refractivity contribution in [3.05, 3.63) is 35.6 Å². The fourth-order valence-electron chi connectivity index (χ4n) is 2.70. The molecule has 0 spiro atoms. The van der Waals surface area contributed by atoms with Crippen LogP contribution >= 0.6 is 0 Å². The quantitative estimate of drug-likeness (QED) is 0.772. The molecular formula is C18H25FN2O3. The molecule has 1 aromatic carbocycles. The van der Waals surface area contributed by atoms with E-state index in [0.29, 0.717) is 24.9 Å². The van der Waals surface area contributed by atoms with E-state index in [9.17, 15) is 14.0 Å². The third-order valence-electron chi connectivity index (χ3n) is 4.38. The van der Waals surface area contributed by atoms with E-state index in [1.165, 1.54) is 12.1 Å². The number of hydrogen-bond acceptors (Lipinski definition) is 4. The van der Waals surface area contributed by atoms with E-state index in [1.54, 1.807) is 38.1 Å². The van der Waals surface area contributed by atoms with Gasteiger partial charge in [-0.25, -0.2) is 4.39 Å². The lowest BCUT2D eigenvalue weighted by molar-refractivity contribution is -0.153. The second-order valence-corrected chi connectivity index (χ2v) is 6.48. The van der Waals surface area contributed by atoms with Gasteiger partial charge in [-0.3, -0.25) is 14.5 Å². The smallest absolute Gasteiger partial charge is 0.313 e. The summed E-state index contributed by atoms with van der Waals surface area (Å²) in [5.74, 6) is -1.10. The summed E-state index contributed by atoms with van der Waals surface area (Å²) in [6, 6.07) is 6.03. The zero-order valence-electron chi connectivity index (χ0n) is 14.5. The van der Waals surface area contributed by atoms with Gasteiger partial charge in [-0.1, -0.05) is 12.1 Å². The summed E-state index contributed by atoms with van der Waals surface area (Å²) in [4.78, 5) is 27.6. The van der Waals surface area contributed by atoms with Crippen molar-refractivity contribution >= 4 is 11.9 Å². The van der Waals surface area contributed by atoms with E-state index in [1.807, 2.05) is 0 Å². The summed E-state index contributed by atoms with van der Waals surface area (Å²) in [6.07, 6.45) is 1.28. The first kappa shape index (κ1) is 18.4. The highest BCUT2D eigenvalue weighted by molar-refractivity contribution is 5.78. The number of rotatable bonds is 5. The van der Waals surface area contributed by atoms with E-state index in [0.717, 1.165) is 13.1 Å². The summed E-state index contributed by atoms with van der Waals surface area (Å²) in [5, 5.41) is 0. The summed E-state index contributed by atoms with van der Waals surface area (Å²) >= 11 is 0. The average Bonchev–Trinajstić information content (AvgIpc) is 2.55. The number of carbonyl (C=O) groups is 2. The Hall–Kier alpha value is -1.95. The zero-order valence-corrected chi connectivity index (χ0v) is 14.5. The molecule has 1 saturated heterocycles. The van der Waals surface area contributed by atoms with Crippen LogP contribution in [0.2, 0.25) is 0 Å². The lowest BCUT2D eigenvalue weighted by Crippen LogP contribution is -2.43. The molecule has 1 atom stereocenters. The number of halogens is 1. The van der Waals surface area contributed by atoms with Crippen LogP contribution in [-0.4, -0.2) is 61.5 Å². The molecule has 0 saturated carbocycles. The molecule has 1 heterocycles. The molecule has 1 amide bonds. The van der Waals surface area contributed by atoms with Gasteiger partial charge in [0.15, 0.2) is 0 Å². The molecule has 0 unspecified atom stereocenters. The fourth-order valence-corrected chi connectivity index (χ4v) is 2.70. The molecule has 1 fully saturated rings. The maximum atomic E-state index is 13.3. The van der Waals surface area contributed by atoms with Crippen LogP contribution < -0.4 is 0 Å². The van der Waals surface area contributed by atoms with Gasteiger partial charge in [0.1, 0.15) is 11.9 Å². The molecule has 0 N–H and O–H groups in total. The number of hydrogen-bond donors (Lipinski definition) is 0. The predicted molar refractivity (Wildman–Crippen MR) is 89.1 cm³/mol. The van der Waals surface area contributed by atoms with Crippen LogP contribution in [0.25, 0.3) is 0 Å². The van der Waals surface area contributed by atoms with Crippen molar-refractivity contribution in [2.24, 2.45) is 0 Å². The molecule has 1 aromatic rings. The predicted octanol–water partition coefficient (Wildman–Crippen LogP) is 2.02. The SMILES string of the molecule is C[C@H](C(=O)OC1CCN(CC(=O)N(C)C)CC1)c1cccc(F)c1. The van der Waals surface area contributed by atoms with Crippen molar-refractivity contribution in [1.82, 2.24) is 9.80 Å². The number of esters is 1. The van der Waals surface area contributed by atoms with Gasteiger partial charge in [-0.15, -0.1) is 0 Å². The van der Waals surface area contributed by atoms with Gasteiger partial charge in [0, 0.05) is 27.2 Å². The number of likely N-dealkylation sites (tertiary alicyclic amines) is 1. The van der Waals surface area contributed by atoms with Crippen molar-refractivity contribution in [3.63, 3.8) is 0 Å². The van der Waals surface area contributed by atoms with Crippen LogP contribution in [0.5, 0.6) is 0 Å². The van der Waals surface area contributed by atoms with Gasteiger partial charge in [0.25, 0.3) is 0 Å². The highest BCUT2D eigenvalue weighted by Gasteiger charge is 2.26. The maximum absolute atomic E-state index is 13.3. The Labute approximate surface area is 142 Å². The molecule has 0 bridgehead atoms. The maximum Gasteiger partial charge on any atom is 0.313 e. The molecule has 0 aliphatic carbocycles. The van der Waals surface area contributed by atoms with E-state index in [2.05, 4.69) is 4.90 Å². The minimum absolute atomic E-state index is 0.0742. The molecule has 5 nitrogen and oxygen atoms in total. The fraction of sp³-hybridized carbons (Fsp3) is 0.556. The van der Waals surface area contributed by atoms with Crippen molar-refractivity contribution in [1.29, 1.82) is 0 Å². The van der Waals surface area contributed by atoms with Crippen molar-refractivity contribution < 1.29 is 18.7 Å². The Bertz CT molecular complexity index is 583. The van der Waals surface area contributed by atoms with Gasteiger partial charge in [0.2, 0.25) is 5.91 Å². The molecular weight excluding hydrogens is 311 g/mol. The molecule has 2 rings (SSSR count). The van der Waals surface area contributed by atoms with Gasteiger partial charge >= 0.3 is 5.97 Å². The van der Waals surface area contributed by atoms with E-state index < -0.39 is 5.92 Å². The number of amides is 1. The van der Waals surface area contributed by atoms with Crippen molar-refractivity contribution in [2.75, 3.05) is 33.7 Å². The van der Waals surface area contributed by atoms with Crippen molar-refractivity contribution in [3.8, 4) is 0 Å². The van der Waals surface area contributed by atoms with Crippen LogP contribution in [0.4, 0.5) is 4.39 Å². The van der Waals surface area contributed by atoms with Crippen LogP contribution in [0, 0.1) is 5.82 Å². The number of benzene rings is 1. The number of likely N-dealkylation sites (N-methyl/N-ethyl adjacent to an activating group) is 1. The van der Waals surface area contributed by atoms with E-state index in [4.69, 9.17) is 4.74 Å². The molecule has 24 heavy (non-hydrogen) atoms. The Morgan fingerprint density at radius 1 is 1.33 bits per heavy atom. The van der Waals surface area contributed by atoms with Gasteiger partial charge in [0.05, 0.1) is 12.5 Å². The monoisotopic (exact) mass is 336 g/mol. The van der Waals surface area contributed by atoms with Gasteiger partial charge < -0.3 is 9.64 Å². The number of nitrogens with zero attached hydrogens (tertiary/aromatic N) is 2. The molecule has 1 aliphatic rings. The molecule has 1 aliphatic heterocycles. The van der Waals surface area contributed by atoms with Crippen LogP contribution in [0.15, 0.2) is 24.3 Å². The van der Waals surface area contributed by atoms with Crippen molar-refractivity contribution in [2.45, 2.75) is 31.8 Å². The summed E-state index contributed by atoms with van der Waals surface area (Å²) in [5.41, 5.74) is 0.619. The lowest BCUT2D eigenvalue weighted by Gasteiger charge is -2.32. The lowest BCUT2D eigenvalue weighted by atomic mass is 10.0.